The minimum absolute atomic E-state index is 0.479. The molecule has 2 aliphatic rings. The Morgan fingerprint density at radius 2 is 2.00 bits per heavy atom. The summed E-state index contributed by atoms with van der Waals surface area (Å²) in [4.78, 5) is 4.05. The van der Waals surface area contributed by atoms with Crippen LogP contribution in [-0.2, 0) is 5.60 Å². The zero-order valence-corrected chi connectivity index (χ0v) is 9.74. The summed E-state index contributed by atoms with van der Waals surface area (Å²) in [5.41, 5.74) is 0.223. The molecule has 86 valence electrons. The number of hydrogen-bond acceptors (Lipinski definition) is 3. The molecular weight excluding hydrogens is 224 g/mol. The fourth-order valence-corrected chi connectivity index (χ4v) is 3.21. The average molecular weight is 239 g/mol. The third kappa shape index (κ3) is 1.63. The van der Waals surface area contributed by atoms with Crippen LogP contribution >= 0.6 is 11.6 Å². The lowest BCUT2D eigenvalue weighted by molar-refractivity contribution is 0.0355. The highest BCUT2D eigenvalue weighted by atomic mass is 35.5. The predicted molar refractivity (Wildman–Crippen MR) is 62.2 cm³/mol. The van der Waals surface area contributed by atoms with Gasteiger partial charge in [-0.25, -0.2) is 4.98 Å². The van der Waals surface area contributed by atoms with Gasteiger partial charge in [-0.05, 0) is 43.8 Å². The van der Waals surface area contributed by atoms with E-state index in [0.717, 1.165) is 31.5 Å². The van der Waals surface area contributed by atoms with E-state index in [0.29, 0.717) is 17.0 Å². The van der Waals surface area contributed by atoms with Crippen LogP contribution in [0.3, 0.4) is 0 Å². The van der Waals surface area contributed by atoms with E-state index >= 15 is 0 Å². The van der Waals surface area contributed by atoms with Crippen LogP contribution in [0.4, 0.5) is 0 Å². The second kappa shape index (κ2) is 3.69. The maximum Gasteiger partial charge on any atom is 0.129 e. The number of nitrogens with zero attached hydrogens (tertiary/aromatic N) is 1. The van der Waals surface area contributed by atoms with Crippen LogP contribution < -0.4 is 5.32 Å². The number of pyridine rings is 1. The topological polar surface area (TPSA) is 45.2 Å². The van der Waals surface area contributed by atoms with Crippen LogP contribution in [0.1, 0.15) is 18.4 Å². The average Bonchev–Trinajstić information content (AvgIpc) is 2.77. The maximum absolute atomic E-state index is 10.6. The van der Waals surface area contributed by atoms with Gasteiger partial charge in [0.15, 0.2) is 0 Å². The number of hydrogen-bond donors (Lipinski definition) is 2. The number of aromatic nitrogens is 1. The maximum atomic E-state index is 10.6. The van der Waals surface area contributed by atoms with Crippen molar-refractivity contribution in [2.45, 2.75) is 18.4 Å². The molecule has 2 atom stereocenters. The zero-order chi connectivity index (χ0) is 11.2. The molecule has 0 spiro atoms. The summed E-state index contributed by atoms with van der Waals surface area (Å²) < 4.78 is 0. The van der Waals surface area contributed by atoms with Gasteiger partial charge in [0.05, 0.1) is 5.60 Å². The summed E-state index contributed by atoms with van der Waals surface area (Å²) in [6, 6.07) is 3.64. The van der Waals surface area contributed by atoms with Gasteiger partial charge in [0.2, 0.25) is 0 Å². The van der Waals surface area contributed by atoms with Gasteiger partial charge >= 0.3 is 0 Å². The first-order chi connectivity index (χ1) is 7.67. The molecule has 0 bridgehead atoms. The SMILES string of the molecule is OC1(c2ccc(Cl)nc2)CC2CNCC2C1. The first kappa shape index (κ1) is 10.5. The van der Waals surface area contributed by atoms with Crippen molar-refractivity contribution in [2.75, 3.05) is 13.1 Å². The summed E-state index contributed by atoms with van der Waals surface area (Å²) in [6.07, 6.45) is 3.39. The van der Waals surface area contributed by atoms with Crippen LogP contribution in [-0.4, -0.2) is 23.2 Å². The first-order valence-corrected chi connectivity index (χ1v) is 6.10. The Bertz CT molecular complexity index is 381. The van der Waals surface area contributed by atoms with E-state index in [1.807, 2.05) is 6.07 Å². The van der Waals surface area contributed by atoms with Gasteiger partial charge in [-0.15, -0.1) is 0 Å². The molecule has 2 heterocycles. The van der Waals surface area contributed by atoms with Gasteiger partial charge in [-0.1, -0.05) is 17.7 Å². The fourth-order valence-electron chi connectivity index (χ4n) is 3.10. The summed E-state index contributed by atoms with van der Waals surface area (Å²) in [6.45, 7) is 2.07. The lowest BCUT2D eigenvalue weighted by Crippen LogP contribution is -2.25. The highest BCUT2D eigenvalue weighted by molar-refractivity contribution is 6.29. The molecule has 0 radical (unpaired) electrons. The Hall–Kier alpha value is -0.640. The number of nitrogens with one attached hydrogen (secondary N) is 1. The van der Waals surface area contributed by atoms with E-state index in [9.17, 15) is 5.11 Å². The number of fused-ring (bicyclic) bond motifs is 1. The summed E-state index contributed by atoms with van der Waals surface area (Å²) >= 11 is 5.76. The van der Waals surface area contributed by atoms with Gasteiger partial charge in [-0.2, -0.15) is 0 Å². The third-order valence-corrected chi connectivity index (χ3v) is 4.17. The van der Waals surface area contributed by atoms with Crippen molar-refractivity contribution in [1.29, 1.82) is 0 Å². The molecule has 1 saturated carbocycles. The van der Waals surface area contributed by atoms with Crippen molar-refractivity contribution in [2.24, 2.45) is 11.8 Å². The smallest absolute Gasteiger partial charge is 0.129 e. The molecule has 1 aromatic rings. The van der Waals surface area contributed by atoms with E-state index < -0.39 is 5.60 Å². The Kier molecular flexibility index (Phi) is 2.42. The van der Waals surface area contributed by atoms with Crippen LogP contribution in [0.5, 0.6) is 0 Å². The number of halogens is 1. The van der Waals surface area contributed by atoms with Crippen LogP contribution in [0, 0.1) is 11.8 Å². The van der Waals surface area contributed by atoms with E-state index in [1.165, 1.54) is 0 Å². The molecule has 0 aromatic carbocycles. The van der Waals surface area contributed by atoms with Crippen LogP contribution in [0.15, 0.2) is 18.3 Å². The van der Waals surface area contributed by atoms with Gasteiger partial charge < -0.3 is 10.4 Å². The van der Waals surface area contributed by atoms with Crippen molar-refractivity contribution in [3.8, 4) is 0 Å². The number of rotatable bonds is 1. The van der Waals surface area contributed by atoms with Gasteiger partial charge in [0.25, 0.3) is 0 Å². The van der Waals surface area contributed by atoms with E-state index in [2.05, 4.69) is 10.3 Å². The van der Waals surface area contributed by atoms with Crippen molar-refractivity contribution >= 4 is 11.6 Å². The van der Waals surface area contributed by atoms with E-state index in [1.54, 1.807) is 12.3 Å². The Morgan fingerprint density at radius 1 is 1.31 bits per heavy atom. The third-order valence-electron chi connectivity index (χ3n) is 3.94. The van der Waals surface area contributed by atoms with Crippen LogP contribution in [0.2, 0.25) is 5.15 Å². The number of aliphatic hydroxyl groups is 1. The standard InChI is InChI=1S/C12H15ClN2O/c13-11-2-1-10(7-15-11)12(16)3-8-5-14-6-9(8)4-12/h1-2,7-9,14,16H,3-6H2. The molecular formula is C12H15ClN2O. The molecule has 3 nitrogen and oxygen atoms in total. The van der Waals surface area contributed by atoms with Crippen molar-refractivity contribution in [3.05, 3.63) is 29.0 Å². The summed E-state index contributed by atoms with van der Waals surface area (Å²) in [5.74, 6) is 1.22. The molecule has 2 unspecified atom stereocenters. The Labute approximate surface area is 99.8 Å². The molecule has 0 amide bonds. The second-order valence-corrected chi connectivity index (χ2v) is 5.38. The Morgan fingerprint density at radius 3 is 2.56 bits per heavy atom. The summed E-state index contributed by atoms with van der Waals surface area (Å²) in [5, 5.41) is 14.5. The van der Waals surface area contributed by atoms with E-state index in [4.69, 9.17) is 11.6 Å². The first-order valence-electron chi connectivity index (χ1n) is 5.72. The lowest BCUT2D eigenvalue weighted by atomic mass is 9.92. The van der Waals surface area contributed by atoms with Gasteiger partial charge in [0.1, 0.15) is 5.15 Å². The quantitative estimate of drug-likeness (QED) is 0.730. The van der Waals surface area contributed by atoms with Crippen molar-refractivity contribution in [3.63, 3.8) is 0 Å². The van der Waals surface area contributed by atoms with Crippen molar-refractivity contribution < 1.29 is 5.11 Å². The monoisotopic (exact) mass is 238 g/mol. The minimum Gasteiger partial charge on any atom is -0.385 e. The molecule has 1 aliphatic carbocycles. The van der Waals surface area contributed by atoms with Crippen molar-refractivity contribution in [1.82, 2.24) is 10.3 Å². The van der Waals surface area contributed by atoms with E-state index in [-0.39, 0.29) is 0 Å². The summed E-state index contributed by atoms with van der Waals surface area (Å²) in [7, 11) is 0. The normalized spacial score (nSPS) is 37.6. The fraction of sp³-hybridized carbons (Fsp3) is 0.583. The molecule has 1 aliphatic heterocycles. The van der Waals surface area contributed by atoms with Crippen LogP contribution in [0.25, 0.3) is 0 Å². The molecule has 1 saturated heterocycles. The molecule has 2 fully saturated rings. The van der Waals surface area contributed by atoms with Gasteiger partial charge in [-0.3, -0.25) is 0 Å². The van der Waals surface area contributed by atoms with Gasteiger partial charge in [0, 0.05) is 11.8 Å². The zero-order valence-electron chi connectivity index (χ0n) is 8.99. The minimum atomic E-state index is -0.685. The molecule has 4 heteroatoms. The lowest BCUT2D eigenvalue weighted by Gasteiger charge is -2.24. The highest BCUT2D eigenvalue weighted by Crippen LogP contribution is 2.46. The molecule has 16 heavy (non-hydrogen) atoms. The molecule has 3 rings (SSSR count). The second-order valence-electron chi connectivity index (χ2n) is 4.99. The predicted octanol–water partition coefficient (Wildman–Crippen LogP) is 1.55. The molecule has 1 aromatic heterocycles. The molecule has 2 N–H and O–H groups in total. The largest absolute Gasteiger partial charge is 0.385 e. The highest BCUT2D eigenvalue weighted by Gasteiger charge is 2.46. The Balaban J connectivity index is 1.86.